The number of thiazole rings is 1. The van der Waals surface area contributed by atoms with E-state index in [4.69, 9.17) is 0 Å². The number of aliphatic hydroxyl groups is 1. The molecule has 2 aliphatic heterocycles. The van der Waals surface area contributed by atoms with Crippen molar-refractivity contribution >= 4 is 28.3 Å². The number of benzene rings is 2. The molecule has 0 saturated carbocycles. The summed E-state index contributed by atoms with van der Waals surface area (Å²) in [6, 6.07) is 26.0. The number of para-hydroxylation sites is 1. The molecule has 0 unspecified atom stereocenters. The first-order valence-corrected chi connectivity index (χ1v) is 18.4. The van der Waals surface area contributed by atoms with E-state index in [9.17, 15) is 14.7 Å². The molecule has 4 aromatic heterocycles. The molecule has 2 aliphatic rings. The van der Waals surface area contributed by atoms with E-state index >= 15 is 0 Å². The highest BCUT2D eigenvalue weighted by Crippen LogP contribution is 2.37. The normalized spacial score (nSPS) is 19.4. The van der Waals surface area contributed by atoms with E-state index in [2.05, 4.69) is 38.1 Å². The van der Waals surface area contributed by atoms with Crippen molar-refractivity contribution in [3.63, 3.8) is 0 Å². The summed E-state index contributed by atoms with van der Waals surface area (Å²) in [7, 11) is 0. The lowest BCUT2D eigenvalue weighted by Crippen LogP contribution is -2.53. The number of rotatable bonds is 8. The van der Waals surface area contributed by atoms with Gasteiger partial charge in [-0.25, -0.2) is 9.97 Å². The number of amides is 1. The van der Waals surface area contributed by atoms with Crippen LogP contribution in [-0.4, -0.2) is 76.7 Å². The summed E-state index contributed by atoms with van der Waals surface area (Å²) in [6.45, 7) is 5.40. The minimum Gasteiger partial charge on any atom is -0.388 e. The average Bonchev–Trinajstić information content (AvgIpc) is 3.82. The molecule has 2 aromatic carbocycles. The smallest absolute Gasteiger partial charge is 0.262 e. The van der Waals surface area contributed by atoms with Gasteiger partial charge in [0.05, 0.1) is 17.5 Å². The first-order chi connectivity index (χ1) is 24.8. The van der Waals surface area contributed by atoms with E-state index in [0.717, 1.165) is 48.0 Å². The Kier molecular flexibility index (Phi) is 9.10. The largest absolute Gasteiger partial charge is 0.388 e. The number of fused-ring (bicyclic) bond motifs is 1. The molecule has 0 radical (unpaired) electrons. The maximum Gasteiger partial charge on any atom is 0.262 e. The van der Waals surface area contributed by atoms with Crippen LogP contribution in [0.15, 0.2) is 109 Å². The molecule has 11 heteroatoms. The van der Waals surface area contributed by atoms with Crippen molar-refractivity contribution in [3.05, 3.63) is 130 Å². The fourth-order valence-electron chi connectivity index (χ4n) is 7.64. The second kappa shape index (κ2) is 14.0. The summed E-state index contributed by atoms with van der Waals surface area (Å²) in [5.41, 5.74) is 3.42. The Hall–Kier alpha value is -4.97. The number of aryl methyl sites for hydroxylation is 1. The molecule has 6 heterocycles. The van der Waals surface area contributed by atoms with Gasteiger partial charge < -0.3 is 14.6 Å². The van der Waals surface area contributed by atoms with Gasteiger partial charge in [0, 0.05) is 78.4 Å². The van der Waals surface area contributed by atoms with Crippen LogP contribution in [-0.2, 0) is 17.9 Å². The molecule has 0 spiro atoms. The van der Waals surface area contributed by atoms with Gasteiger partial charge >= 0.3 is 0 Å². The monoisotopic (exact) mass is 699 g/mol. The third-order valence-electron chi connectivity index (χ3n) is 10.5. The van der Waals surface area contributed by atoms with Crippen LogP contribution >= 0.6 is 11.3 Å². The maximum atomic E-state index is 14.2. The highest BCUT2D eigenvalue weighted by atomic mass is 32.1. The molecule has 1 N–H and O–H groups in total. The van der Waals surface area contributed by atoms with E-state index in [1.807, 2.05) is 89.6 Å². The standard InChI is InChI=1S/C40H41N7O3S/c1-28-12-13-30(22-41-28)37-42-23-32(51-37)24-44-18-14-33(35(25-44)29-8-4-2-5-9-29)38(48)45-20-16-40(50,17-21-45)26-46-27-43-36-34(39(46)49)15-19-47(36)31-10-6-3-7-11-31/h2-13,15,19,22-23,27,33,35,50H,14,16-18,20-21,24-26H2,1H3/t33-,35+/m1/s1. The molecule has 2 atom stereocenters. The maximum absolute atomic E-state index is 14.2. The van der Waals surface area contributed by atoms with Crippen molar-refractivity contribution in [1.82, 2.24) is 33.9 Å². The molecule has 0 aliphatic carbocycles. The number of hydrogen-bond acceptors (Lipinski definition) is 8. The van der Waals surface area contributed by atoms with Gasteiger partial charge in [0.15, 0.2) is 5.65 Å². The van der Waals surface area contributed by atoms with Gasteiger partial charge in [-0.2, -0.15) is 0 Å². The number of piperidine rings is 2. The van der Waals surface area contributed by atoms with Crippen LogP contribution in [0, 0.1) is 12.8 Å². The van der Waals surface area contributed by atoms with Crippen LogP contribution < -0.4 is 5.56 Å². The topological polar surface area (TPSA) is 109 Å². The Morgan fingerprint density at radius 1 is 0.922 bits per heavy atom. The average molecular weight is 700 g/mol. The van der Waals surface area contributed by atoms with Gasteiger partial charge in [-0.3, -0.25) is 24.0 Å². The van der Waals surface area contributed by atoms with Crippen molar-refractivity contribution < 1.29 is 9.90 Å². The number of nitrogens with zero attached hydrogens (tertiary/aromatic N) is 7. The van der Waals surface area contributed by atoms with E-state index < -0.39 is 5.60 Å². The summed E-state index contributed by atoms with van der Waals surface area (Å²) in [5, 5.41) is 13.1. The first-order valence-electron chi connectivity index (χ1n) is 17.6. The van der Waals surface area contributed by atoms with E-state index in [1.54, 1.807) is 17.4 Å². The molecule has 6 aromatic rings. The third kappa shape index (κ3) is 6.89. The second-order valence-corrected chi connectivity index (χ2v) is 15.1. The van der Waals surface area contributed by atoms with E-state index in [-0.39, 0.29) is 29.8 Å². The Balaban J connectivity index is 0.929. The zero-order valence-corrected chi connectivity index (χ0v) is 29.5. The number of carbonyl (C=O) groups is 1. The fraction of sp³-hybridized carbons (Fsp3) is 0.325. The Morgan fingerprint density at radius 2 is 1.69 bits per heavy atom. The molecule has 51 heavy (non-hydrogen) atoms. The molecule has 8 rings (SSSR count). The molecule has 2 fully saturated rings. The molecular formula is C40H41N7O3S. The quantitative estimate of drug-likeness (QED) is 0.218. The van der Waals surface area contributed by atoms with Crippen LogP contribution in [0.25, 0.3) is 27.3 Å². The second-order valence-electron chi connectivity index (χ2n) is 14.0. The van der Waals surface area contributed by atoms with Gasteiger partial charge in [0.2, 0.25) is 5.91 Å². The summed E-state index contributed by atoms with van der Waals surface area (Å²) in [5.74, 6) is 0.0647. The minimum absolute atomic E-state index is 0.0570. The van der Waals surface area contributed by atoms with Gasteiger partial charge in [0.1, 0.15) is 11.3 Å². The summed E-state index contributed by atoms with van der Waals surface area (Å²) >= 11 is 1.70. The van der Waals surface area contributed by atoms with Gasteiger partial charge in [-0.05, 0) is 68.6 Å². The zero-order chi connectivity index (χ0) is 35.0. The molecule has 2 saturated heterocycles. The van der Waals surface area contributed by atoms with Crippen molar-refractivity contribution in [2.75, 3.05) is 26.2 Å². The van der Waals surface area contributed by atoms with Crippen LogP contribution in [0.4, 0.5) is 0 Å². The summed E-state index contributed by atoms with van der Waals surface area (Å²) in [4.78, 5) is 47.0. The summed E-state index contributed by atoms with van der Waals surface area (Å²) < 4.78 is 3.41. The summed E-state index contributed by atoms with van der Waals surface area (Å²) in [6.07, 6.45) is 8.78. The fourth-order valence-corrected chi connectivity index (χ4v) is 8.59. The number of carbonyl (C=O) groups excluding carboxylic acids is 1. The Labute approximate surface area is 300 Å². The minimum atomic E-state index is -1.11. The lowest BCUT2D eigenvalue weighted by Gasteiger charge is -2.43. The number of aromatic nitrogens is 5. The van der Waals surface area contributed by atoms with Crippen molar-refractivity contribution in [2.24, 2.45) is 5.92 Å². The van der Waals surface area contributed by atoms with Gasteiger partial charge in [0.25, 0.3) is 5.56 Å². The van der Waals surface area contributed by atoms with E-state index in [0.29, 0.717) is 37.0 Å². The van der Waals surface area contributed by atoms with Gasteiger partial charge in [-0.1, -0.05) is 48.5 Å². The van der Waals surface area contributed by atoms with Crippen LogP contribution in [0.5, 0.6) is 0 Å². The zero-order valence-electron chi connectivity index (χ0n) is 28.6. The van der Waals surface area contributed by atoms with Crippen LogP contribution in [0.1, 0.15) is 41.3 Å². The van der Waals surface area contributed by atoms with Crippen molar-refractivity contribution in [1.29, 1.82) is 0 Å². The molecule has 1 amide bonds. The SMILES string of the molecule is Cc1ccc(-c2ncc(CN3CC[C@@H](C(=O)N4CCC(O)(Cn5cnc6c(ccn6-c6ccccc6)c5=O)CC4)[C@H](c4ccccc4)C3)s2)cn1. The number of pyridine rings is 1. The first kappa shape index (κ1) is 33.2. The predicted octanol–water partition coefficient (Wildman–Crippen LogP) is 5.67. The Morgan fingerprint density at radius 3 is 2.43 bits per heavy atom. The molecular weight excluding hydrogens is 659 g/mol. The van der Waals surface area contributed by atoms with Crippen molar-refractivity contribution in [2.45, 2.75) is 50.8 Å². The molecule has 260 valence electrons. The lowest BCUT2D eigenvalue weighted by atomic mass is 9.79. The Bertz CT molecular complexity index is 2190. The highest BCUT2D eigenvalue weighted by Gasteiger charge is 2.41. The van der Waals surface area contributed by atoms with E-state index in [1.165, 1.54) is 21.3 Å². The van der Waals surface area contributed by atoms with Gasteiger partial charge in [-0.15, -0.1) is 11.3 Å². The lowest BCUT2D eigenvalue weighted by molar-refractivity contribution is -0.142. The number of likely N-dealkylation sites (tertiary alicyclic amines) is 2. The predicted molar refractivity (Wildman–Crippen MR) is 199 cm³/mol. The highest BCUT2D eigenvalue weighted by molar-refractivity contribution is 7.15. The number of hydrogen-bond donors (Lipinski definition) is 1. The van der Waals surface area contributed by atoms with Crippen molar-refractivity contribution in [3.8, 4) is 16.3 Å². The molecule has 10 nitrogen and oxygen atoms in total. The van der Waals surface area contributed by atoms with Crippen LogP contribution in [0.3, 0.4) is 0 Å². The van der Waals surface area contributed by atoms with Crippen LogP contribution in [0.2, 0.25) is 0 Å². The molecule has 0 bridgehead atoms. The third-order valence-corrected chi connectivity index (χ3v) is 11.5.